The van der Waals surface area contributed by atoms with Gasteiger partial charge in [-0.25, -0.2) is 4.79 Å². The number of amides is 1. The van der Waals surface area contributed by atoms with Crippen molar-refractivity contribution in [2.24, 2.45) is 0 Å². The average molecular weight is 440 g/mol. The molecule has 1 atom stereocenters. The molecule has 4 rings (SSSR count). The Hall–Kier alpha value is -2.18. The average Bonchev–Trinajstić information content (AvgIpc) is 2.77. The Kier molecular flexibility index (Phi) is 6.72. The number of aromatic nitrogens is 1. The van der Waals surface area contributed by atoms with Crippen LogP contribution in [-0.2, 0) is 4.74 Å². The molecular weight excluding hydrogens is 402 g/mol. The van der Waals surface area contributed by atoms with E-state index < -0.39 is 11.2 Å². The van der Waals surface area contributed by atoms with Gasteiger partial charge < -0.3 is 14.7 Å². The molecule has 2 aliphatic rings. The summed E-state index contributed by atoms with van der Waals surface area (Å²) in [5.41, 5.74) is 1.02. The summed E-state index contributed by atoms with van der Waals surface area (Å²) < 4.78 is 5.56. The van der Waals surface area contributed by atoms with Crippen LogP contribution < -0.4 is 0 Å². The number of rotatable bonds is 4. The van der Waals surface area contributed by atoms with Crippen LogP contribution in [0.4, 0.5) is 4.79 Å². The Labute approximate surface area is 191 Å². The van der Waals surface area contributed by atoms with Gasteiger partial charge in [-0.3, -0.25) is 9.88 Å². The number of hydrogen-bond acceptors (Lipinski definition) is 5. The van der Waals surface area contributed by atoms with E-state index in [9.17, 15) is 9.90 Å². The van der Waals surface area contributed by atoms with Crippen molar-refractivity contribution in [2.75, 3.05) is 26.2 Å². The van der Waals surface area contributed by atoms with Crippen molar-refractivity contribution >= 4 is 17.0 Å². The summed E-state index contributed by atoms with van der Waals surface area (Å²) in [6.45, 7) is 8.47. The van der Waals surface area contributed by atoms with Crippen LogP contribution >= 0.6 is 0 Å². The first-order valence-electron chi connectivity index (χ1n) is 12.0. The topological polar surface area (TPSA) is 65.9 Å². The monoisotopic (exact) mass is 439 g/mol. The highest BCUT2D eigenvalue weighted by molar-refractivity contribution is 5.78. The molecule has 1 aliphatic carbocycles. The van der Waals surface area contributed by atoms with Crippen molar-refractivity contribution in [3.63, 3.8) is 0 Å². The van der Waals surface area contributed by atoms with Gasteiger partial charge in [0.1, 0.15) is 5.60 Å². The van der Waals surface area contributed by atoms with Gasteiger partial charge in [0, 0.05) is 43.8 Å². The number of piperazine rings is 1. The minimum atomic E-state index is -0.628. The number of benzene rings is 1. The van der Waals surface area contributed by atoms with Gasteiger partial charge in [0.15, 0.2) is 0 Å². The number of hydrogen-bond donors (Lipinski definition) is 1. The summed E-state index contributed by atoms with van der Waals surface area (Å²) in [7, 11) is 0. The van der Waals surface area contributed by atoms with Crippen LogP contribution in [0.25, 0.3) is 10.9 Å². The second-order valence-corrected chi connectivity index (χ2v) is 10.5. The number of ether oxygens (including phenoxy) is 1. The number of carbonyl (C=O) groups excluding carboxylic acids is 1. The van der Waals surface area contributed by atoms with Gasteiger partial charge in [-0.15, -0.1) is 0 Å². The fourth-order valence-corrected chi connectivity index (χ4v) is 5.04. The first-order valence-corrected chi connectivity index (χ1v) is 12.0. The molecule has 6 nitrogen and oxygen atoms in total. The zero-order valence-corrected chi connectivity index (χ0v) is 19.7. The molecule has 174 valence electrons. The van der Waals surface area contributed by atoms with Crippen LogP contribution in [0.5, 0.6) is 0 Å². The van der Waals surface area contributed by atoms with E-state index >= 15 is 0 Å². The molecule has 1 N–H and O–H groups in total. The molecule has 2 fully saturated rings. The highest BCUT2D eigenvalue weighted by Gasteiger charge is 2.37. The van der Waals surface area contributed by atoms with E-state index in [4.69, 9.17) is 9.72 Å². The summed E-state index contributed by atoms with van der Waals surface area (Å²) >= 11 is 0. The van der Waals surface area contributed by atoms with Crippen LogP contribution in [0.2, 0.25) is 0 Å². The largest absolute Gasteiger partial charge is 0.444 e. The van der Waals surface area contributed by atoms with E-state index in [1.165, 1.54) is 6.42 Å². The third kappa shape index (κ3) is 5.59. The van der Waals surface area contributed by atoms with Crippen molar-refractivity contribution in [1.82, 2.24) is 14.8 Å². The molecule has 0 radical (unpaired) electrons. The van der Waals surface area contributed by atoms with Crippen molar-refractivity contribution < 1.29 is 14.6 Å². The first kappa shape index (κ1) is 23.0. The zero-order chi connectivity index (χ0) is 22.8. The van der Waals surface area contributed by atoms with E-state index in [0.29, 0.717) is 19.5 Å². The number of nitrogens with zero attached hydrogens (tertiary/aromatic N) is 3. The lowest BCUT2D eigenvalue weighted by Gasteiger charge is -2.43. The van der Waals surface area contributed by atoms with E-state index in [1.807, 2.05) is 45.2 Å². The Morgan fingerprint density at radius 1 is 1.12 bits per heavy atom. The molecule has 0 spiro atoms. The second-order valence-electron chi connectivity index (χ2n) is 10.5. The maximum atomic E-state index is 12.5. The van der Waals surface area contributed by atoms with Gasteiger partial charge in [0.2, 0.25) is 0 Å². The molecule has 2 heterocycles. The molecular formula is C26H37N3O3. The smallest absolute Gasteiger partial charge is 0.410 e. The summed E-state index contributed by atoms with van der Waals surface area (Å²) in [5, 5.41) is 12.5. The maximum Gasteiger partial charge on any atom is 0.410 e. The van der Waals surface area contributed by atoms with Gasteiger partial charge in [-0.2, -0.15) is 0 Å². The van der Waals surface area contributed by atoms with E-state index in [-0.39, 0.29) is 12.1 Å². The lowest BCUT2D eigenvalue weighted by atomic mass is 9.79. The Morgan fingerprint density at radius 3 is 2.50 bits per heavy atom. The summed E-state index contributed by atoms with van der Waals surface area (Å²) in [6.07, 6.45) is 7.55. The second kappa shape index (κ2) is 9.36. The maximum absolute atomic E-state index is 12.5. The standard InChI is InChI=1S/C26H37N3O3/c1-25(2,3)32-24(30)29-15-13-28(14-16-29)23(18-26(31)11-7-4-8-12-26)21-17-20-9-5-6-10-22(20)27-19-21/h5-6,9-10,17,19,23,31H,4,7-8,11-16,18H2,1-3H3. The van der Waals surface area contributed by atoms with Gasteiger partial charge in [-0.05, 0) is 57.7 Å². The van der Waals surface area contributed by atoms with E-state index in [0.717, 1.165) is 55.2 Å². The Balaban J connectivity index is 1.53. The lowest BCUT2D eigenvalue weighted by molar-refractivity contribution is -0.0367. The Bertz CT molecular complexity index is 925. The molecule has 0 bridgehead atoms. The summed E-state index contributed by atoms with van der Waals surface area (Å²) in [5.74, 6) is 0. The number of fused-ring (bicyclic) bond motifs is 1. The molecule has 6 heteroatoms. The third-order valence-electron chi connectivity index (χ3n) is 6.76. The number of para-hydroxylation sites is 1. The van der Waals surface area contributed by atoms with Crippen molar-refractivity contribution in [2.45, 2.75) is 76.5 Å². The molecule has 2 aromatic rings. The van der Waals surface area contributed by atoms with Crippen molar-refractivity contribution in [1.29, 1.82) is 0 Å². The van der Waals surface area contributed by atoms with Gasteiger partial charge >= 0.3 is 6.09 Å². The Morgan fingerprint density at radius 2 is 1.81 bits per heavy atom. The van der Waals surface area contributed by atoms with Crippen LogP contribution in [-0.4, -0.2) is 63.4 Å². The normalized spacial score (nSPS) is 20.8. The number of aliphatic hydroxyl groups is 1. The summed E-state index contributed by atoms with van der Waals surface area (Å²) in [6, 6.07) is 10.5. The number of pyridine rings is 1. The molecule has 1 saturated carbocycles. The molecule has 1 saturated heterocycles. The molecule has 1 unspecified atom stereocenters. The third-order valence-corrected chi connectivity index (χ3v) is 6.76. The highest BCUT2D eigenvalue weighted by atomic mass is 16.6. The van der Waals surface area contributed by atoms with Crippen molar-refractivity contribution in [3.05, 3.63) is 42.1 Å². The van der Waals surface area contributed by atoms with Gasteiger partial charge in [0.25, 0.3) is 0 Å². The molecule has 1 amide bonds. The summed E-state index contributed by atoms with van der Waals surface area (Å²) in [4.78, 5) is 21.4. The fraction of sp³-hybridized carbons (Fsp3) is 0.615. The van der Waals surface area contributed by atoms with E-state index in [2.05, 4.69) is 17.0 Å². The molecule has 1 aromatic heterocycles. The minimum Gasteiger partial charge on any atom is -0.444 e. The van der Waals surface area contributed by atoms with Crippen LogP contribution in [0.15, 0.2) is 36.5 Å². The molecule has 32 heavy (non-hydrogen) atoms. The van der Waals surface area contributed by atoms with E-state index in [1.54, 1.807) is 4.90 Å². The SMILES string of the molecule is CC(C)(C)OC(=O)N1CCN(C(CC2(O)CCCCC2)c2cnc3ccccc3c2)CC1. The molecule has 1 aromatic carbocycles. The first-order chi connectivity index (χ1) is 15.2. The van der Waals surface area contributed by atoms with Crippen molar-refractivity contribution in [3.8, 4) is 0 Å². The predicted molar refractivity (Wildman–Crippen MR) is 127 cm³/mol. The quantitative estimate of drug-likeness (QED) is 0.733. The highest BCUT2D eigenvalue weighted by Crippen LogP contribution is 2.39. The predicted octanol–water partition coefficient (Wildman–Crippen LogP) is 4.91. The lowest BCUT2D eigenvalue weighted by Crippen LogP contribution is -2.52. The zero-order valence-electron chi connectivity index (χ0n) is 19.7. The number of carbonyl (C=O) groups is 1. The minimum absolute atomic E-state index is 0.0796. The van der Waals surface area contributed by atoms with Gasteiger partial charge in [0.05, 0.1) is 11.1 Å². The van der Waals surface area contributed by atoms with Crippen LogP contribution in [0, 0.1) is 0 Å². The van der Waals surface area contributed by atoms with Gasteiger partial charge in [-0.1, -0.05) is 37.5 Å². The fourth-order valence-electron chi connectivity index (χ4n) is 5.04. The van der Waals surface area contributed by atoms with Crippen LogP contribution in [0.1, 0.15) is 70.9 Å². The van der Waals surface area contributed by atoms with Crippen LogP contribution in [0.3, 0.4) is 0 Å². The molecule has 1 aliphatic heterocycles.